The van der Waals surface area contributed by atoms with Crippen LogP contribution in [0, 0.1) is 5.82 Å². The summed E-state index contributed by atoms with van der Waals surface area (Å²) in [6.45, 7) is -0.0962. The highest BCUT2D eigenvalue weighted by atomic mass is 19.1. The van der Waals surface area contributed by atoms with E-state index < -0.39 is 11.6 Å². The van der Waals surface area contributed by atoms with E-state index in [1.807, 2.05) is 0 Å². The average Bonchev–Trinajstić information content (AvgIpc) is 2.18. The molecule has 0 amide bonds. The van der Waals surface area contributed by atoms with Gasteiger partial charge in [-0.25, -0.2) is 4.39 Å². The zero-order chi connectivity index (χ0) is 11.3. The molecule has 0 saturated heterocycles. The van der Waals surface area contributed by atoms with Crippen molar-refractivity contribution in [2.45, 2.75) is 6.42 Å². The van der Waals surface area contributed by atoms with Gasteiger partial charge in [0.15, 0.2) is 11.6 Å². The number of hydrogen-bond acceptors (Lipinski definition) is 3. The van der Waals surface area contributed by atoms with Gasteiger partial charge in [-0.3, -0.25) is 9.59 Å². The van der Waals surface area contributed by atoms with Crippen molar-refractivity contribution in [1.82, 2.24) is 0 Å². The van der Waals surface area contributed by atoms with Crippen molar-refractivity contribution < 1.29 is 18.7 Å². The molecule has 0 aliphatic heterocycles. The molecule has 4 heteroatoms. The van der Waals surface area contributed by atoms with Gasteiger partial charge in [0, 0.05) is 12.7 Å². The van der Waals surface area contributed by atoms with E-state index in [0.717, 1.165) is 6.07 Å². The van der Waals surface area contributed by atoms with Crippen molar-refractivity contribution in [3.05, 3.63) is 35.6 Å². The van der Waals surface area contributed by atoms with Gasteiger partial charge in [-0.1, -0.05) is 12.1 Å². The Morgan fingerprint density at radius 2 is 2.13 bits per heavy atom. The molecule has 3 nitrogen and oxygen atoms in total. The van der Waals surface area contributed by atoms with Crippen LogP contribution in [0.2, 0.25) is 0 Å². The van der Waals surface area contributed by atoms with Gasteiger partial charge in [0.1, 0.15) is 12.4 Å². The van der Waals surface area contributed by atoms with Crippen LogP contribution in [0.5, 0.6) is 0 Å². The van der Waals surface area contributed by atoms with Crippen molar-refractivity contribution in [2.75, 3.05) is 13.7 Å². The fraction of sp³-hybridized carbons (Fsp3) is 0.273. The first kappa shape index (κ1) is 11.5. The van der Waals surface area contributed by atoms with E-state index in [1.165, 1.54) is 25.3 Å². The molecule has 0 fully saturated rings. The SMILES string of the molecule is COCC(=O)CC(=O)c1cccc(F)c1. The van der Waals surface area contributed by atoms with Gasteiger partial charge in [0.2, 0.25) is 0 Å². The number of halogens is 1. The lowest BCUT2D eigenvalue weighted by Crippen LogP contribution is -2.13. The van der Waals surface area contributed by atoms with Crippen LogP contribution in [-0.2, 0) is 9.53 Å². The number of rotatable bonds is 5. The lowest BCUT2D eigenvalue weighted by atomic mass is 10.1. The first-order valence-corrected chi connectivity index (χ1v) is 4.43. The Kier molecular flexibility index (Phi) is 4.12. The number of methoxy groups -OCH3 is 1. The van der Waals surface area contributed by atoms with E-state index in [2.05, 4.69) is 4.74 Å². The molecule has 0 radical (unpaired) electrons. The van der Waals surface area contributed by atoms with Gasteiger partial charge in [-0.05, 0) is 12.1 Å². The van der Waals surface area contributed by atoms with E-state index in [1.54, 1.807) is 0 Å². The van der Waals surface area contributed by atoms with Crippen LogP contribution in [-0.4, -0.2) is 25.3 Å². The summed E-state index contributed by atoms with van der Waals surface area (Å²) in [6, 6.07) is 5.27. The molecule has 0 aromatic heterocycles. The summed E-state index contributed by atoms with van der Waals surface area (Å²) in [5.41, 5.74) is 0.208. The molecule has 1 aromatic rings. The number of ketones is 2. The van der Waals surface area contributed by atoms with Crippen molar-refractivity contribution in [3.63, 3.8) is 0 Å². The number of ether oxygens (including phenoxy) is 1. The fourth-order valence-electron chi connectivity index (χ4n) is 1.16. The van der Waals surface area contributed by atoms with Gasteiger partial charge in [-0.2, -0.15) is 0 Å². The van der Waals surface area contributed by atoms with E-state index in [9.17, 15) is 14.0 Å². The Bertz CT molecular complexity index is 374. The standard InChI is InChI=1S/C11H11FO3/c1-15-7-10(13)6-11(14)8-3-2-4-9(12)5-8/h2-5H,6-7H2,1H3. The Hall–Kier alpha value is -1.55. The van der Waals surface area contributed by atoms with Crippen molar-refractivity contribution >= 4 is 11.6 Å². The second-order valence-electron chi connectivity index (χ2n) is 3.08. The highest BCUT2D eigenvalue weighted by Crippen LogP contribution is 2.06. The van der Waals surface area contributed by atoms with Crippen molar-refractivity contribution in [1.29, 1.82) is 0 Å². The smallest absolute Gasteiger partial charge is 0.170 e. The van der Waals surface area contributed by atoms with Gasteiger partial charge in [0.05, 0.1) is 6.42 Å². The summed E-state index contributed by atoms with van der Waals surface area (Å²) in [4.78, 5) is 22.5. The molecule has 1 rings (SSSR count). The maximum atomic E-state index is 12.8. The molecule has 0 heterocycles. The Balaban J connectivity index is 2.65. The van der Waals surface area contributed by atoms with E-state index >= 15 is 0 Å². The monoisotopic (exact) mass is 210 g/mol. The molecule has 0 unspecified atom stereocenters. The van der Waals surface area contributed by atoms with Gasteiger partial charge in [0.25, 0.3) is 0 Å². The minimum Gasteiger partial charge on any atom is -0.377 e. The summed E-state index contributed by atoms with van der Waals surface area (Å²) in [5.74, 6) is -1.19. The lowest BCUT2D eigenvalue weighted by Gasteiger charge is -2.00. The molecule has 15 heavy (non-hydrogen) atoms. The fourth-order valence-corrected chi connectivity index (χ4v) is 1.16. The molecule has 0 aliphatic carbocycles. The predicted octanol–water partition coefficient (Wildman–Crippen LogP) is 1.61. The van der Waals surface area contributed by atoms with Crippen LogP contribution in [0.15, 0.2) is 24.3 Å². The van der Waals surface area contributed by atoms with Crippen molar-refractivity contribution in [2.24, 2.45) is 0 Å². The number of carbonyl (C=O) groups excluding carboxylic acids is 2. The maximum Gasteiger partial charge on any atom is 0.170 e. The van der Waals surface area contributed by atoms with Crippen molar-refractivity contribution in [3.8, 4) is 0 Å². The van der Waals surface area contributed by atoms with E-state index in [-0.39, 0.29) is 24.4 Å². The Morgan fingerprint density at radius 3 is 2.73 bits per heavy atom. The summed E-state index contributed by atoms with van der Waals surface area (Å²) >= 11 is 0. The molecule has 0 bridgehead atoms. The normalized spacial score (nSPS) is 10.0. The van der Waals surface area contributed by atoms with Gasteiger partial charge in [-0.15, -0.1) is 0 Å². The predicted molar refractivity (Wildman–Crippen MR) is 52.2 cm³/mol. The van der Waals surface area contributed by atoms with Crippen LogP contribution in [0.4, 0.5) is 4.39 Å². The molecule has 0 aliphatic rings. The zero-order valence-corrected chi connectivity index (χ0v) is 8.33. The molecule has 0 saturated carbocycles. The second kappa shape index (κ2) is 5.36. The molecular formula is C11H11FO3. The first-order chi connectivity index (χ1) is 7.13. The highest BCUT2D eigenvalue weighted by molar-refractivity contribution is 6.08. The summed E-state index contributed by atoms with van der Waals surface area (Å²) in [6.07, 6.45) is -0.253. The van der Waals surface area contributed by atoms with Crippen LogP contribution in [0.3, 0.4) is 0 Å². The molecule has 0 N–H and O–H groups in total. The molecule has 0 atom stereocenters. The number of Topliss-reactive ketones (excluding diaryl/α,β-unsaturated/α-hetero) is 2. The van der Waals surface area contributed by atoms with Crippen LogP contribution < -0.4 is 0 Å². The third-order valence-electron chi connectivity index (χ3n) is 1.81. The minimum absolute atomic E-state index is 0.0962. The molecular weight excluding hydrogens is 199 g/mol. The highest BCUT2D eigenvalue weighted by Gasteiger charge is 2.11. The topological polar surface area (TPSA) is 43.4 Å². The zero-order valence-electron chi connectivity index (χ0n) is 8.33. The van der Waals surface area contributed by atoms with Crippen LogP contribution >= 0.6 is 0 Å². The number of carbonyl (C=O) groups is 2. The first-order valence-electron chi connectivity index (χ1n) is 4.43. The number of benzene rings is 1. The third-order valence-corrected chi connectivity index (χ3v) is 1.81. The van der Waals surface area contributed by atoms with Gasteiger partial charge >= 0.3 is 0 Å². The van der Waals surface area contributed by atoms with E-state index in [0.29, 0.717) is 0 Å². The molecule has 80 valence electrons. The Morgan fingerprint density at radius 1 is 1.40 bits per heavy atom. The quantitative estimate of drug-likeness (QED) is 0.547. The maximum absolute atomic E-state index is 12.8. The minimum atomic E-state index is -0.486. The van der Waals surface area contributed by atoms with E-state index in [4.69, 9.17) is 0 Å². The molecule has 1 aromatic carbocycles. The average molecular weight is 210 g/mol. The van der Waals surface area contributed by atoms with Crippen LogP contribution in [0.1, 0.15) is 16.8 Å². The lowest BCUT2D eigenvalue weighted by molar-refractivity contribution is -0.121. The third kappa shape index (κ3) is 3.59. The summed E-state index contributed by atoms with van der Waals surface area (Å²) < 4.78 is 17.3. The van der Waals surface area contributed by atoms with Gasteiger partial charge < -0.3 is 4.74 Å². The molecule has 0 spiro atoms. The largest absolute Gasteiger partial charge is 0.377 e. The van der Waals surface area contributed by atoms with Crippen LogP contribution in [0.25, 0.3) is 0 Å². The summed E-state index contributed by atoms with van der Waals surface area (Å²) in [5, 5.41) is 0. The second-order valence-corrected chi connectivity index (χ2v) is 3.08. The Labute approximate surface area is 86.9 Å². The summed E-state index contributed by atoms with van der Waals surface area (Å²) in [7, 11) is 1.38. The number of hydrogen-bond donors (Lipinski definition) is 0.